The van der Waals surface area contributed by atoms with Crippen LogP contribution in [0, 0.1) is 5.92 Å². The Balaban J connectivity index is 1.66. The number of anilines is 3. The summed E-state index contributed by atoms with van der Waals surface area (Å²) in [5, 5.41) is 7.09. The highest BCUT2D eigenvalue weighted by molar-refractivity contribution is 7.80. The Morgan fingerprint density at radius 2 is 1.78 bits per heavy atom. The van der Waals surface area contributed by atoms with Crippen LogP contribution in [-0.2, 0) is 0 Å². The lowest BCUT2D eigenvalue weighted by Gasteiger charge is -2.34. The largest absolute Gasteiger partial charge is 0.391 e. The number of hydrogen-bond donors (Lipinski definition) is 2. The second kappa shape index (κ2) is 8.31. The molecular weight excluding hydrogens is 397 g/mol. The summed E-state index contributed by atoms with van der Waals surface area (Å²) in [5.41, 5.74) is 1.42. The Morgan fingerprint density at radius 3 is 2.41 bits per heavy atom. The van der Waals surface area contributed by atoms with Gasteiger partial charge in [-0.2, -0.15) is 13.2 Å². The molecule has 0 spiro atoms. The third kappa shape index (κ3) is 5.23. The summed E-state index contributed by atoms with van der Waals surface area (Å²) in [6.07, 6.45) is -2.40. The summed E-state index contributed by atoms with van der Waals surface area (Å²) >= 11 is 11.2. The predicted molar refractivity (Wildman–Crippen MR) is 107 cm³/mol. The van der Waals surface area contributed by atoms with Crippen molar-refractivity contribution in [2.45, 2.75) is 19.0 Å². The van der Waals surface area contributed by atoms with Gasteiger partial charge in [0.25, 0.3) is 0 Å². The first-order chi connectivity index (χ1) is 12.8. The van der Waals surface area contributed by atoms with Crippen molar-refractivity contribution in [1.29, 1.82) is 0 Å². The van der Waals surface area contributed by atoms with E-state index in [0.717, 1.165) is 5.69 Å². The molecule has 2 aromatic rings. The van der Waals surface area contributed by atoms with Gasteiger partial charge < -0.3 is 15.5 Å². The van der Waals surface area contributed by atoms with Gasteiger partial charge >= 0.3 is 6.18 Å². The van der Waals surface area contributed by atoms with Gasteiger partial charge in [-0.1, -0.05) is 11.6 Å². The van der Waals surface area contributed by atoms with Crippen LogP contribution in [0.3, 0.4) is 0 Å². The van der Waals surface area contributed by atoms with Crippen molar-refractivity contribution in [3.63, 3.8) is 0 Å². The van der Waals surface area contributed by atoms with E-state index in [1.54, 1.807) is 42.6 Å². The van der Waals surface area contributed by atoms with E-state index >= 15 is 0 Å². The Kier molecular flexibility index (Phi) is 6.06. The highest BCUT2D eigenvalue weighted by Crippen LogP contribution is 2.36. The van der Waals surface area contributed by atoms with Crippen LogP contribution >= 0.6 is 23.8 Å². The highest BCUT2D eigenvalue weighted by Gasteiger charge is 2.41. The van der Waals surface area contributed by atoms with Gasteiger partial charge in [-0.15, -0.1) is 0 Å². The molecule has 9 heteroatoms. The third-order valence-corrected chi connectivity index (χ3v) is 4.85. The van der Waals surface area contributed by atoms with Crippen LogP contribution in [-0.4, -0.2) is 29.4 Å². The summed E-state index contributed by atoms with van der Waals surface area (Å²) in [6, 6.07) is 10.6. The zero-order valence-electron chi connectivity index (χ0n) is 14.3. The lowest BCUT2D eigenvalue weighted by molar-refractivity contribution is -0.179. The maximum atomic E-state index is 12.9. The summed E-state index contributed by atoms with van der Waals surface area (Å²) in [6.45, 7) is 0.598. The van der Waals surface area contributed by atoms with Crippen LogP contribution in [0.4, 0.5) is 30.4 Å². The molecule has 0 amide bonds. The van der Waals surface area contributed by atoms with E-state index in [1.165, 1.54) is 0 Å². The van der Waals surface area contributed by atoms with E-state index in [-0.39, 0.29) is 12.8 Å². The standard InChI is InChI=1S/C18H18ClF3N4S/c19-13-3-5-14(6-4-13)24-17(27)25-15-2-1-9-23-16(15)26-10-7-12(8-11-26)18(20,21)22/h1-6,9,12H,7-8,10-11H2,(H2,24,25,27). The van der Waals surface area contributed by atoms with Gasteiger partial charge in [-0.05, 0) is 61.5 Å². The van der Waals surface area contributed by atoms with Crippen molar-refractivity contribution in [3.05, 3.63) is 47.6 Å². The monoisotopic (exact) mass is 414 g/mol. The molecule has 1 aromatic carbocycles. The molecule has 0 unspecified atom stereocenters. The molecule has 144 valence electrons. The first kappa shape index (κ1) is 19.7. The van der Waals surface area contributed by atoms with E-state index in [9.17, 15) is 13.2 Å². The maximum absolute atomic E-state index is 12.9. The molecule has 1 aromatic heterocycles. The second-order valence-corrected chi connectivity index (χ2v) is 7.11. The fourth-order valence-electron chi connectivity index (χ4n) is 2.98. The Morgan fingerprint density at radius 1 is 1.11 bits per heavy atom. The number of alkyl halides is 3. The number of pyridine rings is 1. The minimum absolute atomic E-state index is 0.0625. The SMILES string of the molecule is FC(F)(F)C1CCN(c2ncccc2NC(=S)Nc2ccc(Cl)cc2)CC1. The molecule has 3 rings (SSSR count). The average molecular weight is 415 g/mol. The number of aromatic nitrogens is 1. The molecule has 1 saturated heterocycles. The van der Waals surface area contributed by atoms with Crippen molar-refractivity contribution in [2.24, 2.45) is 5.92 Å². The Labute approximate surface area is 165 Å². The minimum atomic E-state index is -4.14. The maximum Gasteiger partial charge on any atom is 0.391 e. The highest BCUT2D eigenvalue weighted by atomic mass is 35.5. The van der Waals surface area contributed by atoms with Gasteiger partial charge in [0.15, 0.2) is 10.9 Å². The summed E-state index contributed by atoms with van der Waals surface area (Å²) in [7, 11) is 0. The van der Waals surface area contributed by atoms with E-state index in [1.807, 2.05) is 4.90 Å². The zero-order valence-corrected chi connectivity index (χ0v) is 15.8. The van der Waals surface area contributed by atoms with E-state index in [4.69, 9.17) is 23.8 Å². The molecule has 1 fully saturated rings. The summed E-state index contributed by atoms with van der Waals surface area (Å²) in [5.74, 6) is -0.653. The third-order valence-electron chi connectivity index (χ3n) is 4.39. The van der Waals surface area contributed by atoms with E-state index in [0.29, 0.717) is 34.7 Å². The van der Waals surface area contributed by atoms with Crippen LogP contribution < -0.4 is 15.5 Å². The number of nitrogens with one attached hydrogen (secondary N) is 2. The topological polar surface area (TPSA) is 40.2 Å². The smallest absolute Gasteiger partial charge is 0.355 e. The van der Waals surface area contributed by atoms with Crippen molar-refractivity contribution in [2.75, 3.05) is 28.6 Å². The van der Waals surface area contributed by atoms with Crippen LogP contribution in [0.25, 0.3) is 0 Å². The quantitative estimate of drug-likeness (QED) is 0.665. The molecule has 0 aliphatic carbocycles. The number of thiocarbonyl (C=S) groups is 1. The fraction of sp³-hybridized carbons (Fsp3) is 0.333. The fourth-order valence-corrected chi connectivity index (χ4v) is 3.34. The molecular formula is C18H18ClF3N4S. The van der Waals surface area contributed by atoms with Crippen LogP contribution in [0.15, 0.2) is 42.6 Å². The number of benzene rings is 1. The first-order valence-electron chi connectivity index (χ1n) is 8.43. The second-order valence-electron chi connectivity index (χ2n) is 6.26. The minimum Gasteiger partial charge on any atom is -0.355 e. The lowest BCUT2D eigenvalue weighted by Crippen LogP contribution is -2.39. The molecule has 2 N–H and O–H groups in total. The predicted octanol–water partition coefficient (Wildman–Crippen LogP) is 5.32. The molecule has 1 aliphatic heterocycles. The van der Waals surface area contributed by atoms with Crippen molar-refractivity contribution < 1.29 is 13.2 Å². The van der Waals surface area contributed by atoms with E-state index < -0.39 is 12.1 Å². The van der Waals surface area contributed by atoms with E-state index in [2.05, 4.69) is 15.6 Å². The lowest BCUT2D eigenvalue weighted by atomic mass is 9.96. The van der Waals surface area contributed by atoms with Gasteiger partial charge in [0.05, 0.1) is 11.6 Å². The zero-order chi connectivity index (χ0) is 19.4. The molecule has 1 aliphatic rings. The van der Waals surface area contributed by atoms with Crippen LogP contribution in [0.2, 0.25) is 5.02 Å². The first-order valence-corrected chi connectivity index (χ1v) is 9.22. The van der Waals surface area contributed by atoms with Gasteiger partial charge in [0.2, 0.25) is 0 Å². The summed E-state index contributed by atoms with van der Waals surface area (Å²) in [4.78, 5) is 6.20. The van der Waals surface area contributed by atoms with Crippen molar-refractivity contribution in [3.8, 4) is 0 Å². The Hall–Kier alpha value is -2.06. The average Bonchev–Trinajstić information content (AvgIpc) is 2.63. The summed E-state index contributed by atoms with van der Waals surface area (Å²) < 4.78 is 38.6. The van der Waals surface area contributed by atoms with Gasteiger partial charge in [0, 0.05) is 30.0 Å². The van der Waals surface area contributed by atoms with Crippen LogP contribution in [0.5, 0.6) is 0 Å². The molecule has 0 atom stereocenters. The van der Waals surface area contributed by atoms with Gasteiger partial charge in [-0.3, -0.25) is 0 Å². The molecule has 0 radical (unpaired) electrons. The number of piperidine rings is 1. The van der Waals surface area contributed by atoms with Crippen molar-refractivity contribution >= 4 is 46.1 Å². The molecule has 2 heterocycles. The molecule has 0 saturated carbocycles. The molecule has 27 heavy (non-hydrogen) atoms. The molecule has 0 bridgehead atoms. The number of nitrogens with zero attached hydrogens (tertiary/aromatic N) is 2. The number of halogens is 4. The Bertz CT molecular complexity index is 790. The van der Waals surface area contributed by atoms with Crippen molar-refractivity contribution in [1.82, 2.24) is 4.98 Å². The number of rotatable bonds is 3. The van der Waals surface area contributed by atoms with Gasteiger partial charge in [-0.25, -0.2) is 4.98 Å². The molecule has 4 nitrogen and oxygen atoms in total. The number of hydrogen-bond acceptors (Lipinski definition) is 3. The normalized spacial score (nSPS) is 15.5. The van der Waals surface area contributed by atoms with Gasteiger partial charge in [0.1, 0.15) is 0 Å². The van der Waals surface area contributed by atoms with Crippen LogP contribution in [0.1, 0.15) is 12.8 Å².